The molecule has 1 spiro atoms. The van der Waals surface area contributed by atoms with Crippen LogP contribution in [0, 0.1) is 5.92 Å². The van der Waals surface area contributed by atoms with Gasteiger partial charge in [-0.25, -0.2) is 0 Å². The largest absolute Gasteiger partial charge is 0.494 e. The van der Waals surface area contributed by atoms with Crippen molar-refractivity contribution in [1.29, 1.82) is 0 Å². The van der Waals surface area contributed by atoms with Gasteiger partial charge in [-0.3, -0.25) is 28.9 Å². The third-order valence-electron chi connectivity index (χ3n) is 15.4. The molecule has 1 fully saturated rings. The SMILES string of the molecule is CCOc1ccc2c(c1)CC(NCCCCO)C(=O)N2c1ccc(CN2C(=O)[C@@]3(O[C@@H](CCn4cc(CCO)nn4)[C@H]([Si](C)(C)O)[C@H]3C)c3cc(N4C(=O)C(NCCCCO)Cc5cc(OCC)ccc54)ccc32)cc1. The Morgan fingerprint density at radius 2 is 1.30 bits per heavy atom. The van der Waals surface area contributed by atoms with Gasteiger partial charge in [-0.05, 0) is 168 Å². The van der Waals surface area contributed by atoms with Crippen molar-refractivity contribution in [1.82, 2.24) is 25.6 Å². The molecule has 0 radical (unpaired) electrons. The molecule has 2 unspecified atom stereocenters. The normalized spacial score (nSPS) is 22.1. The number of aliphatic hydroxyl groups excluding tert-OH is 3. The lowest BCUT2D eigenvalue weighted by Gasteiger charge is -2.36. The van der Waals surface area contributed by atoms with Gasteiger partial charge in [0, 0.05) is 67.4 Å². The summed E-state index contributed by atoms with van der Waals surface area (Å²) in [6.07, 6.45) is 5.62. The lowest BCUT2D eigenvalue weighted by atomic mass is 9.82. The highest BCUT2D eigenvalue weighted by Crippen LogP contribution is 2.60. The molecular formula is C57H74N8O10Si. The van der Waals surface area contributed by atoms with E-state index in [-0.39, 0.29) is 44.1 Å². The number of fused-ring (bicyclic) bond motifs is 4. The zero-order valence-corrected chi connectivity index (χ0v) is 45.4. The van der Waals surface area contributed by atoms with Crippen LogP contribution in [0.2, 0.25) is 18.6 Å². The number of carbonyl (C=O) groups excluding carboxylic acids is 3. The highest BCUT2D eigenvalue weighted by Gasteiger charge is 2.66. The topological polar surface area (TPSA) is 224 Å². The molecule has 9 rings (SSSR count). The predicted octanol–water partition coefficient (Wildman–Crippen LogP) is 5.95. The van der Waals surface area contributed by atoms with E-state index >= 15 is 4.79 Å². The quantitative estimate of drug-likeness (QED) is 0.0311. The molecule has 1 saturated heterocycles. The van der Waals surface area contributed by atoms with E-state index < -0.39 is 43.6 Å². The molecular weight excluding hydrogens is 985 g/mol. The van der Waals surface area contributed by atoms with Gasteiger partial charge in [-0.2, -0.15) is 0 Å². The van der Waals surface area contributed by atoms with E-state index in [4.69, 9.17) is 14.2 Å². The van der Waals surface area contributed by atoms with Crippen molar-refractivity contribution in [3.63, 3.8) is 0 Å². The number of carbonyl (C=O) groups is 3. The number of ether oxygens (including phenoxy) is 3. The highest BCUT2D eigenvalue weighted by atomic mass is 28.4. The first-order chi connectivity index (χ1) is 36.7. The summed E-state index contributed by atoms with van der Waals surface area (Å²) >= 11 is 0. The van der Waals surface area contributed by atoms with E-state index in [0.717, 1.165) is 34.5 Å². The minimum Gasteiger partial charge on any atom is -0.494 e. The van der Waals surface area contributed by atoms with E-state index in [0.29, 0.717) is 118 Å². The van der Waals surface area contributed by atoms with Crippen molar-refractivity contribution in [2.75, 3.05) is 60.8 Å². The van der Waals surface area contributed by atoms with Crippen molar-refractivity contribution in [3.05, 3.63) is 113 Å². The molecule has 5 aromatic rings. The van der Waals surface area contributed by atoms with Gasteiger partial charge < -0.3 is 49.9 Å². The van der Waals surface area contributed by atoms with Gasteiger partial charge in [0.05, 0.1) is 60.7 Å². The number of hydrogen-bond donors (Lipinski definition) is 6. The van der Waals surface area contributed by atoms with Gasteiger partial charge in [0.2, 0.25) is 11.8 Å². The summed E-state index contributed by atoms with van der Waals surface area (Å²) in [6, 6.07) is 23.9. The van der Waals surface area contributed by atoms with Crippen molar-refractivity contribution < 1.29 is 48.7 Å². The van der Waals surface area contributed by atoms with Crippen LogP contribution < -0.4 is 34.8 Å². The minimum absolute atomic E-state index is 0.0557. The lowest BCUT2D eigenvalue weighted by Crippen LogP contribution is -2.49. The van der Waals surface area contributed by atoms with E-state index in [1.165, 1.54) is 0 Å². The second kappa shape index (κ2) is 23.7. The van der Waals surface area contributed by atoms with Gasteiger partial charge in [0.25, 0.3) is 5.91 Å². The van der Waals surface area contributed by atoms with Gasteiger partial charge in [0.15, 0.2) is 13.9 Å². The molecule has 406 valence electrons. The first-order valence-corrected chi connectivity index (χ1v) is 30.1. The summed E-state index contributed by atoms with van der Waals surface area (Å²) in [4.78, 5) is 62.5. The van der Waals surface area contributed by atoms with E-state index in [9.17, 15) is 29.7 Å². The third-order valence-corrected chi connectivity index (χ3v) is 17.9. The molecule has 3 amide bonds. The number of anilines is 5. The van der Waals surface area contributed by atoms with Crippen LogP contribution in [-0.4, -0.2) is 125 Å². The Bertz CT molecular complexity index is 2860. The fourth-order valence-corrected chi connectivity index (χ4v) is 14.5. The fourth-order valence-electron chi connectivity index (χ4n) is 11.9. The molecule has 76 heavy (non-hydrogen) atoms. The Morgan fingerprint density at radius 3 is 1.86 bits per heavy atom. The van der Waals surface area contributed by atoms with Crippen LogP contribution in [0.1, 0.15) is 80.8 Å². The number of nitrogens with zero attached hydrogens (tertiary/aromatic N) is 6. The zero-order chi connectivity index (χ0) is 53.7. The first-order valence-electron chi connectivity index (χ1n) is 27.1. The van der Waals surface area contributed by atoms with E-state index in [1.54, 1.807) is 25.6 Å². The molecule has 6 atom stereocenters. The Balaban J connectivity index is 1.09. The number of unbranched alkanes of at least 4 members (excludes halogenated alkanes) is 2. The molecule has 6 N–H and O–H groups in total. The van der Waals surface area contributed by atoms with Crippen LogP contribution in [-0.2, 0) is 57.1 Å². The number of hydrogen-bond acceptors (Lipinski definition) is 14. The van der Waals surface area contributed by atoms with Crippen molar-refractivity contribution in [3.8, 4) is 11.5 Å². The maximum absolute atomic E-state index is 15.9. The van der Waals surface area contributed by atoms with Crippen LogP contribution in [0.15, 0.2) is 85.1 Å². The fraction of sp³-hybridized carbons (Fsp3) is 0.491. The molecule has 18 nitrogen and oxygen atoms in total. The van der Waals surface area contributed by atoms with Crippen LogP contribution in [0.5, 0.6) is 11.5 Å². The van der Waals surface area contributed by atoms with Crippen molar-refractivity contribution >= 4 is 54.5 Å². The number of aryl methyl sites for hydroxylation is 1. The molecule has 4 aliphatic rings. The molecule has 19 heteroatoms. The van der Waals surface area contributed by atoms with Crippen molar-refractivity contribution in [2.45, 2.75) is 128 Å². The smallest absolute Gasteiger partial charge is 0.264 e. The minimum atomic E-state index is -3.09. The van der Waals surface area contributed by atoms with Gasteiger partial charge in [-0.1, -0.05) is 24.3 Å². The molecule has 5 heterocycles. The van der Waals surface area contributed by atoms with Gasteiger partial charge >= 0.3 is 0 Å². The number of amides is 3. The Labute approximate surface area is 446 Å². The molecule has 4 aromatic carbocycles. The van der Waals surface area contributed by atoms with E-state index in [1.807, 2.05) is 113 Å². The monoisotopic (exact) mass is 1060 g/mol. The predicted molar refractivity (Wildman–Crippen MR) is 292 cm³/mol. The van der Waals surface area contributed by atoms with Crippen LogP contribution in [0.25, 0.3) is 0 Å². The zero-order valence-electron chi connectivity index (χ0n) is 44.4. The van der Waals surface area contributed by atoms with Crippen molar-refractivity contribution in [2.24, 2.45) is 5.92 Å². The average molecular weight is 1060 g/mol. The number of benzene rings is 4. The second-order valence-electron chi connectivity index (χ2n) is 20.9. The molecule has 1 aromatic heterocycles. The maximum atomic E-state index is 15.9. The maximum Gasteiger partial charge on any atom is 0.264 e. The standard InChI is InChI=1S/C57H74N8O10Si/c1-6-73-44-17-20-49-39(30-44)32-47(58-24-8-10-27-66)54(69)64(49)42-14-12-38(13-15-42)35-63-51-19-16-43(65-50-21-18-45(74-7-2)31-40(50)33-48(55(65)70)59-25-9-11-28-67)34-46(51)57(56(63)71)37(3)53(76(4,5)72)52(75-57)22-26-62-36-41(23-29-68)60-61-62/h12-21,30-31,34,36-37,47-48,52-53,58-59,66-68,72H,6-11,22-29,32-33,35H2,1-5H3/t37-,47?,48?,52+,53-,57+/m1/s1. The lowest BCUT2D eigenvalue weighted by molar-refractivity contribution is -0.146. The van der Waals surface area contributed by atoms with Crippen LogP contribution in [0.4, 0.5) is 28.4 Å². The summed E-state index contributed by atoms with van der Waals surface area (Å²) in [6.45, 7) is 12.4. The number of nitrogens with one attached hydrogen (secondary N) is 2. The third kappa shape index (κ3) is 10.9. The average Bonchev–Trinajstić information content (AvgIpc) is 4.05. The Morgan fingerprint density at radius 1 is 0.737 bits per heavy atom. The number of rotatable bonds is 24. The summed E-state index contributed by atoms with van der Waals surface area (Å²) in [5.41, 5.74) is 5.35. The van der Waals surface area contributed by atoms with Crippen LogP contribution >= 0.6 is 0 Å². The Hall–Kier alpha value is -6.03. The Kier molecular flexibility index (Phi) is 17.1. The molecule has 0 bridgehead atoms. The molecule has 4 aliphatic heterocycles. The second-order valence-corrected chi connectivity index (χ2v) is 24.9. The highest BCUT2D eigenvalue weighted by molar-refractivity contribution is 6.71. The summed E-state index contributed by atoms with van der Waals surface area (Å²) in [5.74, 6) is 0.400. The van der Waals surface area contributed by atoms with Gasteiger partial charge in [-0.15, -0.1) is 5.10 Å². The first kappa shape index (κ1) is 54.7. The summed E-state index contributed by atoms with van der Waals surface area (Å²) in [7, 11) is -3.09. The summed E-state index contributed by atoms with van der Waals surface area (Å²) in [5, 5.41) is 43.8. The summed E-state index contributed by atoms with van der Waals surface area (Å²) < 4.78 is 20.8. The van der Waals surface area contributed by atoms with Gasteiger partial charge in [0.1, 0.15) is 11.5 Å². The molecule has 0 saturated carbocycles. The molecule has 0 aliphatic carbocycles. The van der Waals surface area contributed by atoms with E-state index in [2.05, 4.69) is 20.9 Å². The van der Waals surface area contributed by atoms with Crippen LogP contribution in [0.3, 0.4) is 0 Å². The number of aliphatic hydroxyl groups is 3. The number of aromatic nitrogens is 3.